The van der Waals surface area contributed by atoms with Crippen LogP contribution in [0.15, 0.2) is 10.2 Å². The molecule has 1 fully saturated rings. The van der Waals surface area contributed by atoms with E-state index in [4.69, 9.17) is 0 Å². The van der Waals surface area contributed by atoms with E-state index in [9.17, 15) is 4.79 Å². The summed E-state index contributed by atoms with van der Waals surface area (Å²) in [5, 5.41) is 16.8. The molecular formula is C6H8N5O. The largest absolute Gasteiger partial charge is 0.354 e. The molecule has 2 heterocycles. The molecule has 0 spiro atoms. The van der Waals surface area contributed by atoms with Crippen molar-refractivity contribution < 1.29 is 4.79 Å². The van der Waals surface area contributed by atoms with Gasteiger partial charge in [0.15, 0.2) is 0 Å². The van der Waals surface area contributed by atoms with Gasteiger partial charge in [-0.15, -0.1) is 10.2 Å². The van der Waals surface area contributed by atoms with Gasteiger partial charge in [0, 0.05) is 13.0 Å². The molecule has 1 unspecified atom stereocenters. The average molecular weight is 166 g/mol. The highest BCUT2D eigenvalue weighted by molar-refractivity contribution is 5.93. The van der Waals surface area contributed by atoms with Gasteiger partial charge in [-0.3, -0.25) is 4.79 Å². The molecule has 2 aliphatic heterocycles. The maximum Gasteiger partial charge on any atom is 0.244 e. The predicted octanol–water partition coefficient (Wildman–Crippen LogP) is -1.62. The number of carbonyl (C=O) groups excluding carboxylic acids is 1. The lowest BCUT2D eigenvalue weighted by Gasteiger charge is -2.08. The van der Waals surface area contributed by atoms with Crippen molar-refractivity contribution in [3.63, 3.8) is 0 Å². The van der Waals surface area contributed by atoms with Gasteiger partial charge in [0.1, 0.15) is 6.34 Å². The third-order valence-corrected chi connectivity index (χ3v) is 1.69. The van der Waals surface area contributed by atoms with Crippen LogP contribution in [0.4, 0.5) is 0 Å². The summed E-state index contributed by atoms with van der Waals surface area (Å²) in [6.45, 7) is 0.632. The molecule has 0 aromatic carbocycles. The zero-order chi connectivity index (χ0) is 8.39. The lowest BCUT2D eigenvalue weighted by Crippen LogP contribution is -2.39. The van der Waals surface area contributed by atoms with E-state index in [0.717, 1.165) is 0 Å². The van der Waals surface area contributed by atoms with Crippen molar-refractivity contribution in [3.8, 4) is 0 Å². The number of amides is 1. The van der Waals surface area contributed by atoms with Crippen molar-refractivity contribution in [3.05, 3.63) is 0 Å². The quantitative estimate of drug-likeness (QED) is 0.491. The number of nitrogens with one attached hydrogen (secondary N) is 2. The summed E-state index contributed by atoms with van der Waals surface area (Å²) in [6, 6.07) is 0.0988. The molecule has 6 nitrogen and oxygen atoms in total. The molecule has 2 N–H and O–H groups in total. The number of hydrogen-bond donors (Lipinski definition) is 2. The van der Waals surface area contributed by atoms with Gasteiger partial charge in [0.25, 0.3) is 0 Å². The van der Waals surface area contributed by atoms with Crippen LogP contribution in [0.5, 0.6) is 0 Å². The van der Waals surface area contributed by atoms with Crippen LogP contribution in [0.1, 0.15) is 6.42 Å². The van der Waals surface area contributed by atoms with Gasteiger partial charge in [-0.25, -0.2) is 0 Å². The Hall–Kier alpha value is -1.59. The molecule has 1 radical (unpaired) electrons. The smallest absolute Gasteiger partial charge is 0.244 e. The van der Waals surface area contributed by atoms with Crippen LogP contribution in [-0.4, -0.2) is 30.8 Å². The minimum atomic E-state index is 0.0621. The molecule has 1 amide bonds. The van der Waals surface area contributed by atoms with Crippen LogP contribution in [-0.2, 0) is 4.79 Å². The number of nitrogens with zero attached hydrogens (tertiary/aromatic N) is 3. The lowest BCUT2D eigenvalue weighted by atomic mass is 10.3. The van der Waals surface area contributed by atoms with Gasteiger partial charge in [-0.2, -0.15) is 5.32 Å². The first-order chi connectivity index (χ1) is 5.84. The van der Waals surface area contributed by atoms with E-state index >= 15 is 0 Å². The molecule has 2 aliphatic rings. The second-order valence-corrected chi connectivity index (χ2v) is 2.63. The molecule has 0 aliphatic carbocycles. The Bertz CT molecular complexity index is 259. The lowest BCUT2D eigenvalue weighted by molar-refractivity contribution is -0.119. The van der Waals surface area contributed by atoms with Crippen molar-refractivity contribution in [1.82, 2.24) is 16.0 Å². The van der Waals surface area contributed by atoms with E-state index in [1.54, 1.807) is 0 Å². The van der Waals surface area contributed by atoms with Gasteiger partial charge < -0.3 is 10.6 Å². The molecule has 0 aromatic rings. The van der Waals surface area contributed by atoms with E-state index in [1.807, 2.05) is 0 Å². The second-order valence-electron chi connectivity index (χ2n) is 2.63. The Labute approximate surface area is 69.1 Å². The Morgan fingerprint density at radius 1 is 1.67 bits per heavy atom. The van der Waals surface area contributed by atoms with Crippen LogP contribution in [0.2, 0.25) is 0 Å². The fourth-order valence-corrected chi connectivity index (χ4v) is 1.14. The maximum atomic E-state index is 10.8. The van der Waals surface area contributed by atoms with Gasteiger partial charge in [0.2, 0.25) is 11.9 Å². The SMILES string of the molecule is O=C1CC(NC2=NN=C[N]2)CN1. The third-order valence-electron chi connectivity index (χ3n) is 1.69. The second kappa shape index (κ2) is 2.80. The van der Waals surface area contributed by atoms with E-state index in [0.29, 0.717) is 18.9 Å². The first-order valence-corrected chi connectivity index (χ1v) is 3.68. The van der Waals surface area contributed by atoms with Crippen molar-refractivity contribution in [1.29, 1.82) is 0 Å². The van der Waals surface area contributed by atoms with Crippen molar-refractivity contribution in [2.24, 2.45) is 10.2 Å². The van der Waals surface area contributed by atoms with Crippen LogP contribution in [0.3, 0.4) is 0 Å². The summed E-state index contributed by atoms with van der Waals surface area (Å²) in [6.07, 6.45) is 1.85. The first-order valence-electron chi connectivity index (χ1n) is 3.68. The van der Waals surface area contributed by atoms with Gasteiger partial charge in [-0.05, 0) is 0 Å². The number of carbonyl (C=O) groups is 1. The van der Waals surface area contributed by atoms with Gasteiger partial charge >= 0.3 is 0 Å². The van der Waals surface area contributed by atoms with E-state index in [-0.39, 0.29) is 11.9 Å². The highest BCUT2D eigenvalue weighted by Gasteiger charge is 2.22. The summed E-state index contributed by atoms with van der Waals surface area (Å²) in [5.74, 6) is 0.545. The Morgan fingerprint density at radius 2 is 2.58 bits per heavy atom. The topological polar surface area (TPSA) is 80.0 Å². The molecule has 0 bridgehead atoms. The van der Waals surface area contributed by atoms with Crippen LogP contribution < -0.4 is 16.0 Å². The van der Waals surface area contributed by atoms with Gasteiger partial charge in [-0.1, -0.05) is 0 Å². The first kappa shape index (κ1) is 7.08. The summed E-state index contributed by atoms with van der Waals surface area (Å²) < 4.78 is 0. The summed E-state index contributed by atoms with van der Waals surface area (Å²) >= 11 is 0. The molecule has 0 saturated carbocycles. The molecular weight excluding hydrogens is 158 g/mol. The molecule has 0 aromatic heterocycles. The fourth-order valence-electron chi connectivity index (χ4n) is 1.14. The minimum absolute atomic E-state index is 0.0621. The van der Waals surface area contributed by atoms with E-state index in [1.165, 1.54) is 6.34 Å². The summed E-state index contributed by atoms with van der Waals surface area (Å²) in [4.78, 5) is 10.8. The van der Waals surface area contributed by atoms with Gasteiger partial charge in [0.05, 0.1) is 6.04 Å². The van der Waals surface area contributed by atoms with Crippen molar-refractivity contribution in [2.45, 2.75) is 12.5 Å². The van der Waals surface area contributed by atoms with Crippen molar-refractivity contribution in [2.75, 3.05) is 6.54 Å². The Kier molecular flexibility index (Phi) is 1.65. The number of rotatable bonds is 1. The van der Waals surface area contributed by atoms with Crippen LogP contribution >= 0.6 is 0 Å². The predicted molar refractivity (Wildman–Crippen MR) is 42.6 cm³/mol. The monoisotopic (exact) mass is 166 g/mol. The number of hydrogen-bond acceptors (Lipinski definition) is 4. The van der Waals surface area contributed by atoms with Crippen LogP contribution in [0.25, 0.3) is 0 Å². The molecule has 6 heteroatoms. The molecule has 63 valence electrons. The highest BCUT2D eigenvalue weighted by atomic mass is 16.1. The van der Waals surface area contributed by atoms with Crippen molar-refractivity contribution >= 4 is 18.2 Å². The molecule has 1 atom stereocenters. The molecule has 2 rings (SSSR count). The Balaban J connectivity index is 1.84. The van der Waals surface area contributed by atoms with Crippen LogP contribution in [0, 0.1) is 0 Å². The zero-order valence-corrected chi connectivity index (χ0v) is 6.32. The third kappa shape index (κ3) is 1.36. The fraction of sp³-hybridized carbons (Fsp3) is 0.500. The zero-order valence-electron chi connectivity index (χ0n) is 6.32. The van der Waals surface area contributed by atoms with E-state index in [2.05, 4.69) is 26.2 Å². The summed E-state index contributed by atoms with van der Waals surface area (Å²) in [7, 11) is 0. The molecule has 12 heavy (non-hydrogen) atoms. The summed E-state index contributed by atoms with van der Waals surface area (Å²) in [5.41, 5.74) is 0. The minimum Gasteiger partial charge on any atom is -0.354 e. The number of guanidine groups is 1. The van der Waals surface area contributed by atoms with E-state index < -0.39 is 0 Å². The molecule has 1 saturated heterocycles. The standard InChI is InChI=1S/C6H8N5O/c12-5-1-4(2-7-5)10-6-8-3-9-11-6/h3-4H,1-2H2,(H,7,12)(H,10,11). The normalized spacial score (nSPS) is 26.5. The highest BCUT2D eigenvalue weighted by Crippen LogP contribution is 1.99. The Morgan fingerprint density at radius 3 is 3.17 bits per heavy atom. The average Bonchev–Trinajstić information content (AvgIpc) is 2.63. The maximum absolute atomic E-state index is 10.8.